The Morgan fingerprint density at radius 1 is 1.05 bits per heavy atom. The largest absolute Gasteiger partial charge is 0.462 e. The second-order valence-corrected chi connectivity index (χ2v) is 4.93. The van der Waals surface area contributed by atoms with Crippen molar-refractivity contribution in [1.82, 2.24) is 0 Å². The van der Waals surface area contributed by atoms with E-state index in [2.05, 4.69) is 31.2 Å². The van der Waals surface area contributed by atoms with Gasteiger partial charge >= 0.3 is 5.97 Å². The molecule has 2 rings (SSSR count). The van der Waals surface area contributed by atoms with Crippen LogP contribution in [0.5, 0.6) is 0 Å². The molecule has 0 amide bonds. The molecule has 20 heavy (non-hydrogen) atoms. The van der Waals surface area contributed by atoms with Crippen molar-refractivity contribution < 1.29 is 9.53 Å². The molecular weight excluding hydrogens is 248 g/mol. The summed E-state index contributed by atoms with van der Waals surface area (Å²) < 4.78 is 4.98. The summed E-state index contributed by atoms with van der Waals surface area (Å²) in [7, 11) is 0. The molecular formula is C18H20O2. The lowest BCUT2D eigenvalue weighted by Gasteiger charge is -2.12. The van der Waals surface area contributed by atoms with Gasteiger partial charge in [-0.05, 0) is 42.5 Å². The van der Waals surface area contributed by atoms with Crippen molar-refractivity contribution in [1.29, 1.82) is 0 Å². The number of rotatable bonds is 5. The molecule has 1 atom stereocenters. The summed E-state index contributed by atoms with van der Waals surface area (Å²) in [6, 6.07) is 18.1. The topological polar surface area (TPSA) is 26.3 Å². The van der Waals surface area contributed by atoms with E-state index in [1.165, 1.54) is 11.1 Å². The van der Waals surface area contributed by atoms with Crippen molar-refractivity contribution in [2.75, 3.05) is 6.61 Å². The summed E-state index contributed by atoms with van der Waals surface area (Å²) in [5.41, 5.74) is 3.18. The number of carbonyl (C=O) groups is 1. The van der Waals surface area contributed by atoms with Crippen molar-refractivity contribution in [3.05, 3.63) is 71.3 Å². The highest BCUT2D eigenvalue weighted by molar-refractivity contribution is 5.89. The first kappa shape index (κ1) is 14.3. The van der Waals surface area contributed by atoms with Crippen LogP contribution in [0.4, 0.5) is 0 Å². The van der Waals surface area contributed by atoms with Crippen molar-refractivity contribution in [2.45, 2.75) is 26.2 Å². The molecule has 0 aliphatic rings. The van der Waals surface area contributed by atoms with Gasteiger partial charge in [-0.15, -0.1) is 0 Å². The first-order valence-corrected chi connectivity index (χ1v) is 7.01. The van der Waals surface area contributed by atoms with Gasteiger partial charge in [0.15, 0.2) is 0 Å². The van der Waals surface area contributed by atoms with Crippen LogP contribution in [0, 0.1) is 0 Å². The molecule has 0 N–H and O–H groups in total. The zero-order valence-corrected chi connectivity index (χ0v) is 12.0. The van der Waals surface area contributed by atoms with E-state index in [9.17, 15) is 4.79 Å². The molecule has 0 heterocycles. The van der Waals surface area contributed by atoms with Crippen molar-refractivity contribution in [3.63, 3.8) is 0 Å². The van der Waals surface area contributed by atoms with Crippen molar-refractivity contribution in [3.8, 4) is 0 Å². The van der Waals surface area contributed by atoms with E-state index in [1.54, 1.807) is 0 Å². The average Bonchev–Trinajstić information content (AvgIpc) is 2.48. The van der Waals surface area contributed by atoms with E-state index >= 15 is 0 Å². The molecule has 2 heteroatoms. The fraction of sp³-hybridized carbons (Fsp3) is 0.278. The van der Waals surface area contributed by atoms with E-state index in [1.807, 2.05) is 37.3 Å². The summed E-state index contributed by atoms with van der Waals surface area (Å²) in [6.07, 6.45) is 1.000. The number of hydrogen-bond donors (Lipinski definition) is 0. The second kappa shape index (κ2) is 6.90. The third-order valence-corrected chi connectivity index (χ3v) is 3.38. The zero-order chi connectivity index (χ0) is 14.4. The van der Waals surface area contributed by atoms with E-state index in [0.29, 0.717) is 18.1 Å². The third-order valence-electron chi connectivity index (χ3n) is 3.38. The van der Waals surface area contributed by atoms with Crippen LogP contribution < -0.4 is 0 Å². The maximum Gasteiger partial charge on any atom is 0.338 e. The molecule has 2 aromatic rings. The Kier molecular flexibility index (Phi) is 4.94. The van der Waals surface area contributed by atoms with Crippen molar-refractivity contribution >= 4 is 5.97 Å². The maximum atomic E-state index is 11.6. The minimum Gasteiger partial charge on any atom is -0.462 e. The number of hydrogen-bond acceptors (Lipinski definition) is 2. The first-order chi connectivity index (χ1) is 9.70. The smallest absolute Gasteiger partial charge is 0.338 e. The third kappa shape index (κ3) is 3.70. The Morgan fingerprint density at radius 2 is 1.70 bits per heavy atom. The Morgan fingerprint density at radius 3 is 2.30 bits per heavy atom. The quantitative estimate of drug-likeness (QED) is 0.759. The molecule has 0 saturated carbocycles. The van der Waals surface area contributed by atoms with Gasteiger partial charge in [-0.1, -0.05) is 49.4 Å². The molecule has 1 unspecified atom stereocenters. The number of esters is 1. The first-order valence-electron chi connectivity index (χ1n) is 7.01. The molecule has 0 spiro atoms. The molecule has 0 saturated heterocycles. The highest BCUT2D eigenvalue weighted by Gasteiger charge is 2.09. The molecule has 0 bridgehead atoms. The van der Waals surface area contributed by atoms with Gasteiger partial charge in [0.2, 0.25) is 0 Å². The zero-order valence-electron chi connectivity index (χ0n) is 12.0. The van der Waals surface area contributed by atoms with Gasteiger partial charge < -0.3 is 4.74 Å². The van der Waals surface area contributed by atoms with Crippen LogP contribution >= 0.6 is 0 Å². The normalized spacial score (nSPS) is 11.9. The average molecular weight is 268 g/mol. The van der Waals surface area contributed by atoms with Crippen LogP contribution in [0.25, 0.3) is 0 Å². The predicted octanol–water partition coefficient (Wildman–Crippen LogP) is 4.21. The Balaban J connectivity index is 2.04. The lowest BCUT2D eigenvalue weighted by molar-refractivity contribution is 0.0526. The summed E-state index contributed by atoms with van der Waals surface area (Å²) >= 11 is 0. The fourth-order valence-corrected chi connectivity index (χ4v) is 2.25. The number of ether oxygens (including phenoxy) is 1. The van der Waals surface area contributed by atoms with Gasteiger partial charge in [-0.2, -0.15) is 0 Å². The predicted molar refractivity (Wildman–Crippen MR) is 81.0 cm³/mol. The summed E-state index contributed by atoms with van der Waals surface area (Å²) in [6.45, 7) is 4.42. The van der Waals surface area contributed by atoms with E-state index in [-0.39, 0.29) is 5.97 Å². The molecule has 0 aliphatic heterocycles. The van der Waals surface area contributed by atoms with E-state index < -0.39 is 0 Å². The van der Waals surface area contributed by atoms with Crippen LogP contribution in [0.15, 0.2) is 54.6 Å². The standard InChI is InChI=1S/C18H20O2/c1-3-20-18(19)17-11-9-16(10-12-17)14(2)13-15-7-5-4-6-8-15/h4-12,14H,3,13H2,1-2H3. The van der Waals surface area contributed by atoms with E-state index in [0.717, 1.165) is 6.42 Å². The maximum absolute atomic E-state index is 11.6. The summed E-state index contributed by atoms with van der Waals surface area (Å²) in [5, 5.41) is 0. The molecule has 2 aromatic carbocycles. The second-order valence-electron chi connectivity index (χ2n) is 4.93. The van der Waals surface area contributed by atoms with Gasteiger partial charge in [0.25, 0.3) is 0 Å². The van der Waals surface area contributed by atoms with Crippen LogP contribution in [0.3, 0.4) is 0 Å². The Bertz CT molecular complexity index is 543. The van der Waals surface area contributed by atoms with Gasteiger partial charge in [0.05, 0.1) is 12.2 Å². The molecule has 0 fully saturated rings. The van der Waals surface area contributed by atoms with Gasteiger partial charge in [0, 0.05) is 0 Å². The Hall–Kier alpha value is -2.09. The van der Waals surface area contributed by atoms with E-state index in [4.69, 9.17) is 4.74 Å². The van der Waals surface area contributed by atoms with Gasteiger partial charge in [0.1, 0.15) is 0 Å². The minimum atomic E-state index is -0.255. The summed E-state index contributed by atoms with van der Waals surface area (Å²) in [5.74, 6) is 0.170. The molecule has 104 valence electrons. The van der Waals surface area contributed by atoms with Crippen LogP contribution in [0.1, 0.15) is 41.3 Å². The molecule has 0 aromatic heterocycles. The number of carbonyl (C=O) groups excluding carboxylic acids is 1. The lowest BCUT2D eigenvalue weighted by Crippen LogP contribution is -2.05. The number of benzene rings is 2. The van der Waals surface area contributed by atoms with Gasteiger partial charge in [-0.25, -0.2) is 4.79 Å². The highest BCUT2D eigenvalue weighted by atomic mass is 16.5. The van der Waals surface area contributed by atoms with Gasteiger partial charge in [-0.3, -0.25) is 0 Å². The SMILES string of the molecule is CCOC(=O)c1ccc(C(C)Cc2ccccc2)cc1. The van der Waals surface area contributed by atoms with Crippen LogP contribution in [-0.2, 0) is 11.2 Å². The van der Waals surface area contributed by atoms with Crippen molar-refractivity contribution in [2.24, 2.45) is 0 Å². The highest BCUT2D eigenvalue weighted by Crippen LogP contribution is 2.21. The Labute approximate surface area is 120 Å². The van der Waals surface area contributed by atoms with Crippen LogP contribution in [-0.4, -0.2) is 12.6 Å². The minimum absolute atomic E-state index is 0.255. The summed E-state index contributed by atoms with van der Waals surface area (Å²) in [4.78, 5) is 11.6. The fourth-order valence-electron chi connectivity index (χ4n) is 2.25. The molecule has 0 aliphatic carbocycles. The molecule has 2 nitrogen and oxygen atoms in total. The monoisotopic (exact) mass is 268 g/mol. The molecule has 0 radical (unpaired) electrons. The lowest BCUT2D eigenvalue weighted by atomic mass is 9.93. The van der Waals surface area contributed by atoms with Crippen LogP contribution in [0.2, 0.25) is 0 Å².